The number of aliphatic hydroxyl groups excluding tert-OH is 1. The molecule has 0 saturated heterocycles. The summed E-state index contributed by atoms with van der Waals surface area (Å²) in [5, 5.41) is 11.0. The van der Waals surface area contributed by atoms with Gasteiger partial charge >= 0.3 is 0 Å². The van der Waals surface area contributed by atoms with Crippen LogP contribution in [0.2, 0.25) is 5.02 Å². The predicted molar refractivity (Wildman–Crippen MR) is 84.6 cm³/mol. The molecule has 2 atom stereocenters. The smallest absolute Gasteiger partial charge is 0.122 e. The maximum Gasteiger partial charge on any atom is 0.122 e. The largest absolute Gasteiger partial charge is 0.496 e. The van der Waals surface area contributed by atoms with Gasteiger partial charge in [0.2, 0.25) is 0 Å². The minimum Gasteiger partial charge on any atom is -0.496 e. The van der Waals surface area contributed by atoms with E-state index in [-0.39, 0.29) is 5.92 Å². The number of hydrogen-bond acceptors (Lipinski definition) is 3. The van der Waals surface area contributed by atoms with E-state index in [4.69, 9.17) is 22.1 Å². The molecule has 1 aromatic rings. The van der Waals surface area contributed by atoms with Gasteiger partial charge in [0.05, 0.1) is 13.2 Å². The third-order valence-corrected chi connectivity index (χ3v) is 3.90. The Morgan fingerprint density at radius 3 is 2.65 bits per heavy atom. The molecule has 0 aliphatic heterocycles. The quantitative estimate of drug-likeness (QED) is 0.683. The number of unbranched alkanes of at least 4 members (excludes halogenated alkanes) is 3. The fourth-order valence-corrected chi connectivity index (χ4v) is 2.65. The first-order chi connectivity index (χ1) is 9.63. The van der Waals surface area contributed by atoms with Crippen LogP contribution in [0.25, 0.3) is 0 Å². The summed E-state index contributed by atoms with van der Waals surface area (Å²) in [4.78, 5) is 0. The molecule has 20 heavy (non-hydrogen) atoms. The summed E-state index contributed by atoms with van der Waals surface area (Å²) >= 11 is 6.05. The minimum atomic E-state index is -0.454. The van der Waals surface area contributed by atoms with Crippen LogP contribution in [0.15, 0.2) is 18.2 Å². The second kappa shape index (κ2) is 9.22. The Kier molecular flexibility index (Phi) is 7.97. The van der Waals surface area contributed by atoms with Gasteiger partial charge in [-0.2, -0.15) is 0 Å². The molecule has 2 unspecified atom stereocenters. The second-order valence-corrected chi connectivity index (χ2v) is 5.58. The lowest BCUT2D eigenvalue weighted by Gasteiger charge is -2.24. The Labute approximate surface area is 127 Å². The van der Waals surface area contributed by atoms with E-state index in [0.717, 1.165) is 30.6 Å². The van der Waals surface area contributed by atoms with Crippen molar-refractivity contribution in [3.8, 4) is 5.75 Å². The highest BCUT2D eigenvalue weighted by molar-refractivity contribution is 6.30. The third-order valence-electron chi connectivity index (χ3n) is 3.66. The predicted octanol–water partition coefficient (Wildman–Crippen LogP) is 3.72. The summed E-state index contributed by atoms with van der Waals surface area (Å²) in [5.41, 5.74) is 6.75. The van der Waals surface area contributed by atoms with Gasteiger partial charge in [-0.25, -0.2) is 0 Å². The van der Waals surface area contributed by atoms with Gasteiger partial charge in [0, 0.05) is 23.0 Å². The topological polar surface area (TPSA) is 55.5 Å². The number of hydrogen-bond donors (Lipinski definition) is 2. The maximum absolute atomic E-state index is 10.4. The summed E-state index contributed by atoms with van der Waals surface area (Å²) in [6, 6.07) is 5.45. The van der Waals surface area contributed by atoms with Crippen molar-refractivity contribution in [3.63, 3.8) is 0 Å². The number of aliphatic hydroxyl groups is 1. The number of nitrogens with two attached hydrogens (primary N) is 1. The molecule has 0 fully saturated rings. The summed E-state index contributed by atoms with van der Waals surface area (Å²) in [6.07, 6.45) is 4.88. The molecule has 1 rings (SSSR count). The molecule has 0 aromatic heterocycles. The van der Waals surface area contributed by atoms with Gasteiger partial charge in [-0.3, -0.25) is 0 Å². The fraction of sp³-hybridized carbons (Fsp3) is 0.625. The van der Waals surface area contributed by atoms with Crippen LogP contribution in [0.3, 0.4) is 0 Å². The Morgan fingerprint density at radius 2 is 2.05 bits per heavy atom. The maximum atomic E-state index is 10.4. The van der Waals surface area contributed by atoms with Crippen molar-refractivity contribution in [2.75, 3.05) is 13.7 Å². The molecular weight excluding hydrogens is 274 g/mol. The summed E-state index contributed by atoms with van der Waals surface area (Å²) in [7, 11) is 1.62. The van der Waals surface area contributed by atoms with E-state index in [1.54, 1.807) is 13.2 Å². The lowest BCUT2D eigenvalue weighted by Crippen LogP contribution is -2.26. The molecular formula is C16H26ClNO2. The Hall–Kier alpha value is -0.770. The van der Waals surface area contributed by atoms with Crippen molar-refractivity contribution in [2.45, 2.75) is 51.0 Å². The van der Waals surface area contributed by atoms with Gasteiger partial charge in [0.1, 0.15) is 5.75 Å². The molecule has 0 heterocycles. The standard InChI is InChI=1S/C16H26ClNO2/c1-3-4-5-6-7-15(19)14(11-18)13-10-12(17)8-9-16(13)20-2/h8-10,14-15,19H,3-7,11,18H2,1-2H3. The van der Waals surface area contributed by atoms with E-state index in [9.17, 15) is 5.11 Å². The van der Waals surface area contributed by atoms with Crippen LogP contribution in [0.4, 0.5) is 0 Å². The molecule has 3 N–H and O–H groups in total. The molecule has 4 heteroatoms. The summed E-state index contributed by atoms with van der Waals surface area (Å²) in [6.45, 7) is 2.56. The zero-order valence-electron chi connectivity index (χ0n) is 12.4. The second-order valence-electron chi connectivity index (χ2n) is 5.15. The van der Waals surface area contributed by atoms with Crippen molar-refractivity contribution in [3.05, 3.63) is 28.8 Å². The normalized spacial score (nSPS) is 14.1. The SMILES string of the molecule is CCCCCCC(O)C(CN)c1cc(Cl)ccc1OC. The Morgan fingerprint density at radius 1 is 1.30 bits per heavy atom. The van der Waals surface area contributed by atoms with Crippen LogP contribution in [0, 0.1) is 0 Å². The van der Waals surface area contributed by atoms with Crippen molar-refractivity contribution < 1.29 is 9.84 Å². The average Bonchev–Trinajstić information content (AvgIpc) is 2.45. The number of halogens is 1. The van der Waals surface area contributed by atoms with Gasteiger partial charge in [-0.1, -0.05) is 44.2 Å². The van der Waals surface area contributed by atoms with Crippen LogP contribution in [0.5, 0.6) is 5.75 Å². The minimum absolute atomic E-state index is 0.134. The zero-order chi connectivity index (χ0) is 15.0. The molecule has 0 spiro atoms. The molecule has 114 valence electrons. The van der Waals surface area contributed by atoms with Gasteiger partial charge in [0.25, 0.3) is 0 Å². The van der Waals surface area contributed by atoms with Crippen molar-refractivity contribution in [1.29, 1.82) is 0 Å². The van der Waals surface area contributed by atoms with Gasteiger partial charge in [-0.05, 0) is 24.6 Å². The molecule has 0 aliphatic carbocycles. The lowest BCUT2D eigenvalue weighted by molar-refractivity contribution is 0.131. The van der Waals surface area contributed by atoms with Crippen molar-refractivity contribution in [2.24, 2.45) is 5.73 Å². The van der Waals surface area contributed by atoms with Crippen LogP contribution < -0.4 is 10.5 Å². The summed E-state index contributed by atoms with van der Waals surface area (Å²) in [5.74, 6) is 0.600. The van der Waals surface area contributed by atoms with E-state index < -0.39 is 6.10 Å². The van der Waals surface area contributed by atoms with Crippen molar-refractivity contribution >= 4 is 11.6 Å². The molecule has 1 aromatic carbocycles. The Balaban J connectivity index is 2.76. The number of ether oxygens (including phenoxy) is 1. The first-order valence-electron chi connectivity index (χ1n) is 7.35. The average molecular weight is 300 g/mol. The Bertz CT molecular complexity index is 398. The number of rotatable bonds is 9. The third kappa shape index (κ3) is 4.97. The highest BCUT2D eigenvalue weighted by atomic mass is 35.5. The van der Waals surface area contributed by atoms with E-state index in [2.05, 4.69) is 6.92 Å². The molecule has 3 nitrogen and oxygen atoms in total. The van der Waals surface area contributed by atoms with E-state index in [0.29, 0.717) is 11.6 Å². The van der Waals surface area contributed by atoms with E-state index >= 15 is 0 Å². The number of methoxy groups -OCH3 is 1. The van der Waals surface area contributed by atoms with Crippen LogP contribution >= 0.6 is 11.6 Å². The van der Waals surface area contributed by atoms with Gasteiger partial charge < -0.3 is 15.6 Å². The molecule has 0 bridgehead atoms. The summed E-state index contributed by atoms with van der Waals surface area (Å²) < 4.78 is 5.35. The fourth-order valence-electron chi connectivity index (χ4n) is 2.47. The van der Waals surface area contributed by atoms with E-state index in [1.165, 1.54) is 12.8 Å². The molecule has 0 saturated carbocycles. The van der Waals surface area contributed by atoms with Crippen molar-refractivity contribution in [1.82, 2.24) is 0 Å². The first kappa shape index (κ1) is 17.3. The molecule has 0 amide bonds. The van der Waals surface area contributed by atoms with E-state index in [1.807, 2.05) is 12.1 Å². The van der Waals surface area contributed by atoms with Gasteiger partial charge in [-0.15, -0.1) is 0 Å². The molecule has 0 radical (unpaired) electrons. The lowest BCUT2D eigenvalue weighted by atomic mass is 9.89. The van der Waals surface area contributed by atoms with Gasteiger partial charge in [0.15, 0.2) is 0 Å². The number of benzene rings is 1. The zero-order valence-corrected chi connectivity index (χ0v) is 13.2. The van der Waals surface area contributed by atoms with Crippen LogP contribution in [-0.4, -0.2) is 24.9 Å². The highest BCUT2D eigenvalue weighted by Crippen LogP contribution is 2.32. The first-order valence-corrected chi connectivity index (χ1v) is 7.73. The van der Waals surface area contributed by atoms with Crippen LogP contribution in [0.1, 0.15) is 50.5 Å². The van der Waals surface area contributed by atoms with Crippen LogP contribution in [-0.2, 0) is 0 Å². The monoisotopic (exact) mass is 299 g/mol. The molecule has 0 aliphatic rings. The highest BCUT2D eigenvalue weighted by Gasteiger charge is 2.23.